The lowest BCUT2D eigenvalue weighted by molar-refractivity contribution is -0.246. The minimum atomic E-state index is -2.19. The van der Waals surface area contributed by atoms with Crippen LogP contribution in [0.4, 0.5) is 22.0 Å². The van der Waals surface area contributed by atoms with Crippen LogP contribution in [0.25, 0.3) is 0 Å². The first kappa shape index (κ1) is 15.2. The van der Waals surface area contributed by atoms with Gasteiger partial charge in [0.2, 0.25) is 5.82 Å². The molecule has 3 atom stereocenters. The van der Waals surface area contributed by atoms with Crippen molar-refractivity contribution in [3.05, 3.63) is 34.6 Å². The summed E-state index contributed by atoms with van der Waals surface area (Å²) < 4.78 is 77.0. The van der Waals surface area contributed by atoms with Crippen molar-refractivity contribution in [2.75, 3.05) is 0 Å². The lowest BCUT2D eigenvalue weighted by Crippen LogP contribution is -2.33. The number of rotatable bonds is 2. The van der Waals surface area contributed by atoms with Crippen molar-refractivity contribution < 1.29 is 31.4 Å². The summed E-state index contributed by atoms with van der Waals surface area (Å²) in [7, 11) is 0. The lowest BCUT2D eigenvalue weighted by atomic mass is 10.1. The maximum atomic E-state index is 13.7. The predicted molar refractivity (Wildman–Crippen MR) is 59.3 cm³/mol. The molecule has 7 heteroatoms. The third kappa shape index (κ3) is 2.52. The maximum absolute atomic E-state index is 13.7. The van der Waals surface area contributed by atoms with E-state index in [0.717, 1.165) is 0 Å². The SMILES string of the molecule is CCC1CC(C)OC(c2c(F)c(F)c(F)c(F)c2F)O1. The molecule has 112 valence electrons. The minimum absolute atomic E-state index is 0.362. The number of halogens is 5. The third-order valence-electron chi connectivity index (χ3n) is 3.20. The molecule has 0 amide bonds. The van der Waals surface area contributed by atoms with E-state index < -0.39 is 47.0 Å². The fourth-order valence-corrected chi connectivity index (χ4v) is 2.13. The van der Waals surface area contributed by atoms with Crippen molar-refractivity contribution in [3.63, 3.8) is 0 Å². The summed E-state index contributed by atoms with van der Waals surface area (Å²) in [5, 5.41) is 0. The average molecular weight is 296 g/mol. The minimum Gasteiger partial charge on any atom is -0.345 e. The Balaban J connectivity index is 2.47. The molecule has 0 bridgehead atoms. The molecule has 0 spiro atoms. The van der Waals surface area contributed by atoms with Crippen LogP contribution in [-0.2, 0) is 9.47 Å². The van der Waals surface area contributed by atoms with Crippen LogP contribution in [0.5, 0.6) is 0 Å². The molecule has 0 aromatic heterocycles. The molecule has 1 aliphatic rings. The van der Waals surface area contributed by atoms with Crippen LogP contribution in [0.1, 0.15) is 38.5 Å². The number of hydrogen-bond donors (Lipinski definition) is 0. The van der Waals surface area contributed by atoms with Gasteiger partial charge in [0.25, 0.3) is 0 Å². The van der Waals surface area contributed by atoms with Crippen LogP contribution in [-0.4, -0.2) is 12.2 Å². The van der Waals surface area contributed by atoms with Crippen LogP contribution in [0, 0.1) is 29.1 Å². The molecule has 1 aromatic rings. The lowest BCUT2D eigenvalue weighted by Gasteiger charge is -2.34. The molecule has 1 saturated heterocycles. The quantitative estimate of drug-likeness (QED) is 0.467. The highest BCUT2D eigenvalue weighted by atomic mass is 19.2. The van der Waals surface area contributed by atoms with E-state index in [4.69, 9.17) is 9.47 Å². The molecule has 0 aliphatic carbocycles. The molecule has 2 nitrogen and oxygen atoms in total. The first-order valence-corrected chi connectivity index (χ1v) is 6.19. The van der Waals surface area contributed by atoms with E-state index in [0.29, 0.717) is 12.8 Å². The van der Waals surface area contributed by atoms with E-state index in [9.17, 15) is 22.0 Å². The second-order valence-electron chi connectivity index (χ2n) is 4.66. The second-order valence-corrected chi connectivity index (χ2v) is 4.66. The maximum Gasteiger partial charge on any atom is 0.200 e. The monoisotopic (exact) mass is 296 g/mol. The number of hydrogen-bond acceptors (Lipinski definition) is 2. The van der Waals surface area contributed by atoms with Crippen molar-refractivity contribution in [2.24, 2.45) is 0 Å². The molecular formula is C13H13F5O2. The first-order valence-electron chi connectivity index (χ1n) is 6.19. The highest BCUT2D eigenvalue weighted by Gasteiger charge is 2.36. The van der Waals surface area contributed by atoms with Crippen LogP contribution in [0.2, 0.25) is 0 Å². The van der Waals surface area contributed by atoms with Crippen LogP contribution < -0.4 is 0 Å². The summed E-state index contributed by atoms with van der Waals surface area (Å²) in [6, 6.07) is 0. The first-order chi connectivity index (χ1) is 9.36. The average Bonchev–Trinajstić information content (AvgIpc) is 2.42. The Morgan fingerprint density at radius 1 is 0.900 bits per heavy atom. The van der Waals surface area contributed by atoms with Gasteiger partial charge in [0.1, 0.15) is 0 Å². The molecule has 1 heterocycles. The van der Waals surface area contributed by atoms with Gasteiger partial charge in [0.15, 0.2) is 29.6 Å². The third-order valence-corrected chi connectivity index (χ3v) is 3.20. The number of benzene rings is 1. The van der Waals surface area contributed by atoms with Gasteiger partial charge in [-0.3, -0.25) is 0 Å². The molecule has 0 saturated carbocycles. The van der Waals surface area contributed by atoms with Gasteiger partial charge in [0.05, 0.1) is 17.8 Å². The van der Waals surface area contributed by atoms with Gasteiger partial charge in [-0.25, -0.2) is 22.0 Å². The van der Waals surface area contributed by atoms with E-state index in [-0.39, 0.29) is 6.10 Å². The molecule has 1 fully saturated rings. The van der Waals surface area contributed by atoms with E-state index in [2.05, 4.69) is 0 Å². The second kappa shape index (κ2) is 5.65. The Hall–Kier alpha value is -1.21. The smallest absolute Gasteiger partial charge is 0.200 e. The molecule has 1 aromatic carbocycles. The van der Waals surface area contributed by atoms with Gasteiger partial charge >= 0.3 is 0 Å². The van der Waals surface area contributed by atoms with E-state index in [1.807, 2.05) is 0 Å². The topological polar surface area (TPSA) is 18.5 Å². The largest absolute Gasteiger partial charge is 0.345 e. The van der Waals surface area contributed by atoms with Crippen molar-refractivity contribution in [3.8, 4) is 0 Å². The Bertz CT molecular complexity index is 491. The Labute approximate surface area is 112 Å². The highest BCUT2D eigenvalue weighted by Crippen LogP contribution is 2.36. The van der Waals surface area contributed by atoms with Crippen LogP contribution in [0.3, 0.4) is 0 Å². The van der Waals surface area contributed by atoms with Gasteiger partial charge in [0, 0.05) is 0 Å². The normalized spacial score (nSPS) is 26.9. The zero-order valence-corrected chi connectivity index (χ0v) is 10.9. The van der Waals surface area contributed by atoms with Crippen molar-refractivity contribution in [2.45, 2.75) is 45.2 Å². The molecule has 0 N–H and O–H groups in total. The van der Waals surface area contributed by atoms with E-state index in [1.54, 1.807) is 13.8 Å². The molecule has 20 heavy (non-hydrogen) atoms. The van der Waals surface area contributed by atoms with E-state index >= 15 is 0 Å². The van der Waals surface area contributed by atoms with Crippen LogP contribution in [0.15, 0.2) is 0 Å². The zero-order valence-electron chi connectivity index (χ0n) is 10.9. The molecular weight excluding hydrogens is 283 g/mol. The Morgan fingerprint density at radius 3 is 1.90 bits per heavy atom. The van der Waals surface area contributed by atoms with Gasteiger partial charge < -0.3 is 9.47 Å². The van der Waals surface area contributed by atoms with Crippen molar-refractivity contribution in [1.29, 1.82) is 0 Å². The summed E-state index contributed by atoms with van der Waals surface area (Å²) >= 11 is 0. The molecule has 2 rings (SSSR count). The summed E-state index contributed by atoms with van der Waals surface area (Å²) in [4.78, 5) is 0. The fraction of sp³-hybridized carbons (Fsp3) is 0.538. The van der Waals surface area contributed by atoms with Gasteiger partial charge in [-0.1, -0.05) is 6.92 Å². The fourth-order valence-electron chi connectivity index (χ4n) is 2.13. The van der Waals surface area contributed by atoms with E-state index in [1.165, 1.54) is 0 Å². The number of ether oxygens (including phenoxy) is 2. The van der Waals surface area contributed by atoms with Crippen LogP contribution >= 0.6 is 0 Å². The Morgan fingerprint density at radius 2 is 1.40 bits per heavy atom. The van der Waals surface area contributed by atoms with Crippen molar-refractivity contribution >= 4 is 0 Å². The zero-order chi connectivity index (χ0) is 15.0. The molecule has 0 radical (unpaired) electrons. The van der Waals surface area contributed by atoms with Crippen molar-refractivity contribution in [1.82, 2.24) is 0 Å². The standard InChI is InChI=1S/C13H13F5O2/c1-3-6-4-5(2)19-13(20-6)7-8(14)10(16)12(18)11(17)9(7)15/h5-6,13H,3-4H2,1-2H3. The molecule has 3 unspecified atom stereocenters. The Kier molecular flexibility index (Phi) is 4.29. The molecule has 1 aliphatic heterocycles. The van der Waals surface area contributed by atoms with Gasteiger partial charge in [-0.15, -0.1) is 0 Å². The summed E-state index contributed by atoms with van der Waals surface area (Å²) in [6.45, 7) is 3.43. The summed E-state index contributed by atoms with van der Waals surface area (Å²) in [5.74, 6) is -10.0. The van der Waals surface area contributed by atoms with Gasteiger partial charge in [-0.2, -0.15) is 0 Å². The summed E-state index contributed by atoms with van der Waals surface area (Å²) in [6.07, 6.45) is -1.34. The van der Waals surface area contributed by atoms with Gasteiger partial charge in [-0.05, 0) is 19.8 Å². The predicted octanol–water partition coefficient (Wildman–Crippen LogP) is 3.98. The highest BCUT2D eigenvalue weighted by molar-refractivity contribution is 5.25. The summed E-state index contributed by atoms with van der Waals surface area (Å²) in [5.41, 5.74) is -1.08.